The third-order valence-corrected chi connectivity index (χ3v) is 6.67. The van der Waals surface area contributed by atoms with Crippen molar-refractivity contribution in [2.75, 3.05) is 6.54 Å². The van der Waals surface area contributed by atoms with Gasteiger partial charge in [0.05, 0.1) is 4.90 Å². The highest BCUT2D eigenvalue weighted by Crippen LogP contribution is 2.20. The summed E-state index contributed by atoms with van der Waals surface area (Å²) in [5.41, 5.74) is 1.81. The summed E-state index contributed by atoms with van der Waals surface area (Å²) < 4.78 is 27.9. The van der Waals surface area contributed by atoms with E-state index in [9.17, 15) is 8.42 Å². The van der Waals surface area contributed by atoms with Gasteiger partial charge < -0.3 is 0 Å². The second-order valence-electron chi connectivity index (χ2n) is 5.85. The molecule has 130 valence electrons. The molecule has 0 unspecified atom stereocenters. The predicted octanol–water partition coefficient (Wildman–Crippen LogP) is 3.89. The molecule has 0 bridgehead atoms. The molecule has 6 heteroatoms. The summed E-state index contributed by atoms with van der Waals surface area (Å²) in [6.07, 6.45) is 4.10. The summed E-state index contributed by atoms with van der Waals surface area (Å²) in [7, 11) is -3.56. The molecule has 0 aliphatic heterocycles. The molecule has 0 fully saturated rings. The van der Waals surface area contributed by atoms with Gasteiger partial charge in [-0.1, -0.05) is 24.3 Å². The fourth-order valence-electron chi connectivity index (χ4n) is 2.59. The number of rotatable bonds is 7. The van der Waals surface area contributed by atoms with Gasteiger partial charge in [-0.3, -0.25) is 4.98 Å². The molecule has 0 atom stereocenters. The predicted molar refractivity (Wildman–Crippen MR) is 101 cm³/mol. The van der Waals surface area contributed by atoms with E-state index in [0.717, 1.165) is 11.1 Å². The molecule has 3 aromatic rings. The van der Waals surface area contributed by atoms with Crippen LogP contribution in [0.15, 0.2) is 71.2 Å². The van der Waals surface area contributed by atoms with Gasteiger partial charge in [-0.25, -0.2) is 8.42 Å². The summed E-state index contributed by atoms with van der Waals surface area (Å²) in [6, 6.07) is 14.8. The highest BCUT2D eigenvalue weighted by atomic mass is 32.2. The number of aryl methyl sites for hydroxylation is 1. The molecule has 2 heterocycles. The Morgan fingerprint density at radius 3 is 2.68 bits per heavy atom. The summed E-state index contributed by atoms with van der Waals surface area (Å²) in [4.78, 5) is 5.61. The number of thiophene rings is 1. The Morgan fingerprint density at radius 1 is 1.12 bits per heavy atom. The monoisotopic (exact) mass is 372 g/mol. The number of aromatic nitrogens is 1. The largest absolute Gasteiger partial charge is 0.264 e. The molecule has 0 amide bonds. The van der Waals surface area contributed by atoms with Crippen LogP contribution in [0.3, 0.4) is 0 Å². The Labute approximate surface area is 152 Å². The summed E-state index contributed by atoms with van der Waals surface area (Å²) in [5, 5.41) is 2.01. The van der Waals surface area contributed by atoms with Gasteiger partial charge in [0.2, 0.25) is 10.0 Å². The van der Waals surface area contributed by atoms with Crippen molar-refractivity contribution in [3.63, 3.8) is 0 Å². The van der Waals surface area contributed by atoms with E-state index in [1.165, 1.54) is 4.88 Å². The molecule has 0 aliphatic carbocycles. The molecule has 0 aliphatic rings. The van der Waals surface area contributed by atoms with Crippen LogP contribution in [0.25, 0.3) is 0 Å². The lowest BCUT2D eigenvalue weighted by atomic mass is 10.2. The maximum atomic E-state index is 13.2. The zero-order valence-corrected chi connectivity index (χ0v) is 15.6. The van der Waals surface area contributed by atoms with Gasteiger partial charge in [-0.05, 0) is 54.1 Å². The Kier molecular flexibility index (Phi) is 5.63. The number of benzene rings is 1. The molecule has 25 heavy (non-hydrogen) atoms. The van der Waals surface area contributed by atoms with Crippen molar-refractivity contribution in [1.29, 1.82) is 0 Å². The molecule has 3 rings (SSSR count). The van der Waals surface area contributed by atoms with Crippen LogP contribution in [0.1, 0.15) is 16.0 Å². The first-order valence-corrected chi connectivity index (χ1v) is 10.4. The van der Waals surface area contributed by atoms with Crippen LogP contribution in [-0.4, -0.2) is 24.3 Å². The lowest BCUT2D eigenvalue weighted by molar-refractivity contribution is 0.410. The molecule has 4 nitrogen and oxygen atoms in total. The fourth-order valence-corrected chi connectivity index (χ4v) is 4.83. The first-order valence-electron chi connectivity index (χ1n) is 8.04. The van der Waals surface area contributed by atoms with Crippen LogP contribution in [0.5, 0.6) is 0 Å². The number of nitrogens with zero attached hydrogens (tertiary/aromatic N) is 2. The number of hydrogen-bond acceptors (Lipinski definition) is 4. The molecular formula is C19H20N2O2S2. The van der Waals surface area contributed by atoms with E-state index in [-0.39, 0.29) is 0 Å². The molecule has 2 aromatic heterocycles. The lowest BCUT2D eigenvalue weighted by Crippen LogP contribution is -2.32. The summed E-state index contributed by atoms with van der Waals surface area (Å²) >= 11 is 1.65. The maximum absolute atomic E-state index is 13.2. The average Bonchev–Trinajstić information content (AvgIpc) is 3.13. The van der Waals surface area contributed by atoms with Crippen LogP contribution in [-0.2, 0) is 23.0 Å². The van der Waals surface area contributed by atoms with Gasteiger partial charge >= 0.3 is 0 Å². The van der Waals surface area contributed by atoms with Crippen LogP contribution >= 0.6 is 11.3 Å². The van der Waals surface area contributed by atoms with E-state index < -0.39 is 10.0 Å². The minimum absolute atomic E-state index is 0.315. The van der Waals surface area contributed by atoms with Gasteiger partial charge in [0.25, 0.3) is 0 Å². The van der Waals surface area contributed by atoms with Gasteiger partial charge in [0.1, 0.15) is 0 Å². The zero-order valence-electron chi connectivity index (χ0n) is 14.0. The van der Waals surface area contributed by atoms with Crippen LogP contribution in [0.4, 0.5) is 0 Å². The van der Waals surface area contributed by atoms with E-state index >= 15 is 0 Å². The van der Waals surface area contributed by atoms with Crippen molar-refractivity contribution in [2.24, 2.45) is 0 Å². The smallest absolute Gasteiger partial charge is 0.243 e. The Morgan fingerprint density at radius 2 is 2.00 bits per heavy atom. The normalized spacial score (nSPS) is 11.8. The molecule has 0 saturated heterocycles. The molecule has 1 aromatic carbocycles. The lowest BCUT2D eigenvalue weighted by Gasteiger charge is -2.22. The fraction of sp³-hybridized carbons (Fsp3) is 0.211. The SMILES string of the molecule is Cc1cccc(S(=O)(=O)N(CCc2cccs2)Cc2cccnc2)c1. The summed E-state index contributed by atoms with van der Waals surface area (Å²) in [6.45, 7) is 2.65. The van der Waals surface area contributed by atoms with Crippen molar-refractivity contribution in [1.82, 2.24) is 9.29 Å². The highest BCUT2D eigenvalue weighted by Gasteiger charge is 2.24. The van der Waals surface area contributed by atoms with Crippen molar-refractivity contribution >= 4 is 21.4 Å². The second-order valence-corrected chi connectivity index (χ2v) is 8.82. The number of pyridine rings is 1. The number of hydrogen-bond donors (Lipinski definition) is 0. The number of sulfonamides is 1. The van der Waals surface area contributed by atoms with E-state index in [0.29, 0.717) is 24.4 Å². The van der Waals surface area contributed by atoms with Crippen LogP contribution < -0.4 is 0 Å². The topological polar surface area (TPSA) is 50.3 Å². The minimum Gasteiger partial charge on any atom is -0.264 e. The van der Waals surface area contributed by atoms with Crippen molar-refractivity contribution in [3.05, 3.63) is 82.3 Å². The first-order chi connectivity index (χ1) is 12.1. The van der Waals surface area contributed by atoms with E-state index in [1.54, 1.807) is 46.2 Å². The average molecular weight is 373 g/mol. The standard InChI is InChI=1S/C19H20N2O2S2/c1-16-5-2-8-19(13-16)25(22,23)21(11-9-18-7-4-12-24-18)15-17-6-3-10-20-14-17/h2-8,10,12-14H,9,11,15H2,1H3. The quantitative estimate of drug-likeness (QED) is 0.632. The Bertz CT molecular complexity index is 908. The Balaban J connectivity index is 1.88. The summed E-state index contributed by atoms with van der Waals surface area (Å²) in [5.74, 6) is 0. The van der Waals surface area contributed by atoms with E-state index in [1.807, 2.05) is 42.6 Å². The zero-order chi connectivity index (χ0) is 17.7. The highest BCUT2D eigenvalue weighted by molar-refractivity contribution is 7.89. The maximum Gasteiger partial charge on any atom is 0.243 e. The van der Waals surface area contributed by atoms with Gasteiger partial charge in [-0.2, -0.15) is 4.31 Å². The van der Waals surface area contributed by atoms with Crippen molar-refractivity contribution in [3.8, 4) is 0 Å². The molecule has 0 spiro atoms. The van der Waals surface area contributed by atoms with E-state index in [2.05, 4.69) is 4.98 Å². The van der Waals surface area contributed by atoms with Crippen LogP contribution in [0, 0.1) is 6.92 Å². The molecule has 0 radical (unpaired) electrons. The molecular weight excluding hydrogens is 352 g/mol. The van der Waals surface area contributed by atoms with Gasteiger partial charge in [0, 0.05) is 30.4 Å². The first kappa shape index (κ1) is 17.8. The minimum atomic E-state index is -3.56. The molecule has 0 saturated carbocycles. The van der Waals surface area contributed by atoms with E-state index in [4.69, 9.17) is 0 Å². The van der Waals surface area contributed by atoms with Gasteiger partial charge in [-0.15, -0.1) is 11.3 Å². The van der Waals surface area contributed by atoms with Crippen molar-refractivity contribution < 1.29 is 8.42 Å². The Hall–Kier alpha value is -2.02. The molecule has 0 N–H and O–H groups in total. The third-order valence-electron chi connectivity index (χ3n) is 3.90. The third kappa shape index (κ3) is 4.54. The van der Waals surface area contributed by atoms with Gasteiger partial charge in [0.15, 0.2) is 0 Å². The van der Waals surface area contributed by atoms with Crippen molar-refractivity contribution in [2.45, 2.75) is 24.8 Å². The van der Waals surface area contributed by atoms with Crippen LogP contribution in [0.2, 0.25) is 0 Å². The second kappa shape index (κ2) is 7.91.